The highest BCUT2D eigenvalue weighted by Gasteiger charge is 2.42. The highest BCUT2D eigenvalue weighted by molar-refractivity contribution is 5.74. The van der Waals surface area contributed by atoms with Gasteiger partial charge >= 0.3 is 6.03 Å². The Morgan fingerprint density at radius 3 is 2.81 bits per heavy atom. The van der Waals surface area contributed by atoms with Crippen molar-refractivity contribution in [2.45, 2.75) is 24.8 Å². The fourth-order valence-corrected chi connectivity index (χ4v) is 5.59. The molecule has 32 heavy (non-hydrogen) atoms. The molecule has 4 fully saturated rings. The average Bonchev–Trinajstić information content (AvgIpc) is 3.24. The van der Waals surface area contributed by atoms with E-state index >= 15 is 0 Å². The number of aryl methyl sites for hydroxylation is 1. The second kappa shape index (κ2) is 9.11. The first-order chi connectivity index (χ1) is 15.6. The van der Waals surface area contributed by atoms with Gasteiger partial charge in [0.1, 0.15) is 5.75 Å². The number of hydrogen-bond donors (Lipinski definition) is 1. The maximum absolute atomic E-state index is 12.5. The Balaban J connectivity index is 1.25. The predicted octanol–water partition coefficient (Wildman–Crippen LogP) is 2.32. The number of hydrogen-bond acceptors (Lipinski definition) is 5. The number of methoxy groups -OCH3 is 1. The molecule has 0 spiro atoms. The van der Waals surface area contributed by atoms with Crippen LogP contribution in [-0.2, 0) is 11.8 Å². The van der Waals surface area contributed by atoms with Gasteiger partial charge in [0.2, 0.25) is 0 Å². The summed E-state index contributed by atoms with van der Waals surface area (Å²) in [6.07, 6.45) is 2.32. The van der Waals surface area contributed by atoms with Gasteiger partial charge in [-0.05, 0) is 43.5 Å². The molecule has 1 aromatic heterocycles. The standard InChI is InChI=1S/C24H33N5O3/c1-27-22(14-21(26-27)19-5-3-4-6-23(19)31-2)20-16-29-8-7-17(20)13-18(29)15-25-24(30)28-9-11-32-12-10-28/h3-6,14,17-18,20H,7-13,15-16H2,1-2H3,(H,25,30). The van der Waals surface area contributed by atoms with Crippen LogP contribution in [0.4, 0.5) is 4.79 Å². The van der Waals surface area contributed by atoms with Crippen molar-refractivity contribution in [3.05, 3.63) is 36.0 Å². The van der Waals surface area contributed by atoms with Gasteiger partial charge in [0.05, 0.1) is 26.0 Å². The minimum atomic E-state index is 0.0422. The number of amides is 2. The van der Waals surface area contributed by atoms with Crippen molar-refractivity contribution < 1.29 is 14.3 Å². The summed E-state index contributed by atoms with van der Waals surface area (Å²) in [6, 6.07) is 10.7. The predicted molar refractivity (Wildman–Crippen MR) is 122 cm³/mol. The van der Waals surface area contributed by atoms with Crippen molar-refractivity contribution in [3.8, 4) is 17.0 Å². The third kappa shape index (κ3) is 4.09. The van der Waals surface area contributed by atoms with Gasteiger partial charge in [0, 0.05) is 56.4 Å². The molecule has 172 valence electrons. The van der Waals surface area contributed by atoms with Crippen molar-refractivity contribution in [2.75, 3.05) is 53.0 Å². The van der Waals surface area contributed by atoms with E-state index in [1.807, 2.05) is 34.8 Å². The number of carbonyl (C=O) groups excluding carboxylic acids is 1. The maximum atomic E-state index is 12.5. The van der Waals surface area contributed by atoms with Crippen molar-refractivity contribution >= 4 is 6.03 Å². The molecule has 4 aliphatic rings. The SMILES string of the molecule is COc1ccccc1-c1cc(C2CN3CCC2CC3CNC(=O)N2CCOCC2)n(C)n1. The number of nitrogens with zero attached hydrogens (tertiary/aromatic N) is 4. The first kappa shape index (κ1) is 21.3. The summed E-state index contributed by atoms with van der Waals surface area (Å²) in [5, 5.41) is 7.99. The summed E-state index contributed by atoms with van der Waals surface area (Å²) in [5.74, 6) is 1.93. The van der Waals surface area contributed by atoms with Crippen molar-refractivity contribution in [3.63, 3.8) is 0 Å². The number of morpholine rings is 1. The van der Waals surface area contributed by atoms with E-state index in [2.05, 4.69) is 22.3 Å². The van der Waals surface area contributed by atoms with Crippen molar-refractivity contribution in [2.24, 2.45) is 13.0 Å². The van der Waals surface area contributed by atoms with Crippen molar-refractivity contribution in [1.29, 1.82) is 0 Å². The molecule has 8 nitrogen and oxygen atoms in total. The van der Waals surface area contributed by atoms with E-state index in [1.54, 1.807) is 7.11 Å². The van der Waals surface area contributed by atoms with Gasteiger partial charge in [0.25, 0.3) is 0 Å². The van der Waals surface area contributed by atoms with E-state index in [1.165, 1.54) is 12.1 Å². The number of nitrogens with one attached hydrogen (secondary N) is 1. The molecule has 4 unspecified atom stereocenters. The van der Waals surface area contributed by atoms with E-state index in [4.69, 9.17) is 14.6 Å². The molecule has 4 saturated heterocycles. The van der Waals surface area contributed by atoms with Crippen LogP contribution in [0.25, 0.3) is 11.3 Å². The number of ether oxygens (including phenoxy) is 2. The highest BCUT2D eigenvalue weighted by Crippen LogP contribution is 2.42. The molecule has 2 amide bonds. The zero-order chi connectivity index (χ0) is 22.1. The van der Waals surface area contributed by atoms with Crippen LogP contribution < -0.4 is 10.1 Å². The van der Waals surface area contributed by atoms with E-state index < -0.39 is 0 Å². The molecule has 1 aromatic carbocycles. The number of fused-ring (bicyclic) bond motifs is 3. The zero-order valence-corrected chi connectivity index (χ0v) is 19.0. The number of urea groups is 1. The number of benzene rings is 1. The van der Waals surface area contributed by atoms with Crippen LogP contribution in [0.2, 0.25) is 0 Å². The third-order valence-corrected chi connectivity index (χ3v) is 7.34. The molecule has 0 aliphatic carbocycles. The molecule has 0 saturated carbocycles. The van der Waals surface area contributed by atoms with Crippen LogP contribution in [0.3, 0.4) is 0 Å². The second-order valence-corrected chi connectivity index (χ2v) is 9.10. The molecule has 8 heteroatoms. The monoisotopic (exact) mass is 439 g/mol. The summed E-state index contributed by atoms with van der Waals surface area (Å²) in [7, 11) is 3.75. The Morgan fingerprint density at radius 2 is 2.06 bits per heavy atom. The molecule has 2 aromatic rings. The Labute approximate surface area is 189 Å². The summed E-state index contributed by atoms with van der Waals surface area (Å²) < 4.78 is 12.9. The van der Waals surface area contributed by atoms with Gasteiger partial charge in [0.15, 0.2) is 0 Å². The average molecular weight is 440 g/mol. The lowest BCUT2D eigenvalue weighted by Gasteiger charge is -2.50. The van der Waals surface area contributed by atoms with Crippen LogP contribution in [0.15, 0.2) is 30.3 Å². The summed E-state index contributed by atoms with van der Waals surface area (Å²) in [6.45, 7) is 5.48. The quantitative estimate of drug-likeness (QED) is 0.774. The van der Waals surface area contributed by atoms with Crippen LogP contribution >= 0.6 is 0 Å². The Bertz CT molecular complexity index is 955. The normalized spacial score (nSPS) is 27.4. The number of para-hydroxylation sites is 1. The molecular weight excluding hydrogens is 406 g/mol. The van der Waals surface area contributed by atoms with Gasteiger partial charge in [-0.25, -0.2) is 4.79 Å². The highest BCUT2D eigenvalue weighted by atomic mass is 16.5. The molecule has 6 rings (SSSR count). The number of aromatic nitrogens is 2. The van der Waals surface area contributed by atoms with Crippen LogP contribution in [0.5, 0.6) is 5.75 Å². The van der Waals surface area contributed by atoms with Gasteiger partial charge in [-0.15, -0.1) is 0 Å². The Morgan fingerprint density at radius 1 is 1.25 bits per heavy atom. The molecule has 2 bridgehead atoms. The summed E-state index contributed by atoms with van der Waals surface area (Å²) in [5.41, 5.74) is 3.28. The maximum Gasteiger partial charge on any atom is 0.317 e. The zero-order valence-electron chi connectivity index (χ0n) is 19.0. The Hall–Kier alpha value is -2.58. The lowest BCUT2D eigenvalue weighted by molar-refractivity contribution is 0.0265. The topological polar surface area (TPSA) is 71.9 Å². The minimum Gasteiger partial charge on any atom is -0.496 e. The van der Waals surface area contributed by atoms with Crippen LogP contribution in [0.1, 0.15) is 24.5 Å². The van der Waals surface area contributed by atoms with E-state index in [9.17, 15) is 4.79 Å². The fourth-order valence-electron chi connectivity index (χ4n) is 5.59. The fraction of sp³-hybridized carbons (Fsp3) is 0.583. The van der Waals surface area contributed by atoms with E-state index in [-0.39, 0.29) is 6.03 Å². The molecule has 0 radical (unpaired) electrons. The van der Waals surface area contributed by atoms with Gasteiger partial charge in [-0.3, -0.25) is 9.58 Å². The van der Waals surface area contributed by atoms with Gasteiger partial charge < -0.3 is 19.7 Å². The lowest BCUT2D eigenvalue weighted by Crippen LogP contribution is -2.57. The lowest BCUT2D eigenvalue weighted by atomic mass is 9.74. The first-order valence-electron chi connectivity index (χ1n) is 11.7. The smallest absolute Gasteiger partial charge is 0.317 e. The summed E-state index contributed by atoms with van der Waals surface area (Å²) in [4.78, 5) is 16.9. The van der Waals surface area contributed by atoms with Gasteiger partial charge in [-0.2, -0.15) is 5.10 Å². The second-order valence-electron chi connectivity index (χ2n) is 9.10. The Kier molecular flexibility index (Phi) is 6.06. The van der Waals surface area contributed by atoms with Crippen molar-refractivity contribution in [1.82, 2.24) is 24.9 Å². The molecule has 1 N–H and O–H groups in total. The molecule has 5 heterocycles. The number of rotatable bonds is 5. The number of carbonyl (C=O) groups is 1. The minimum absolute atomic E-state index is 0.0422. The molecule has 4 aliphatic heterocycles. The van der Waals surface area contributed by atoms with Crippen LogP contribution in [0, 0.1) is 5.92 Å². The van der Waals surface area contributed by atoms with E-state index in [0.717, 1.165) is 43.1 Å². The molecular formula is C24H33N5O3. The first-order valence-corrected chi connectivity index (χ1v) is 11.7. The van der Waals surface area contributed by atoms with Gasteiger partial charge in [-0.1, -0.05) is 12.1 Å². The number of piperidine rings is 3. The van der Waals surface area contributed by atoms with Crippen LogP contribution in [-0.4, -0.2) is 84.7 Å². The van der Waals surface area contributed by atoms with E-state index in [0.29, 0.717) is 44.2 Å². The summed E-state index contributed by atoms with van der Waals surface area (Å²) >= 11 is 0. The third-order valence-electron chi connectivity index (χ3n) is 7.34. The molecule has 4 atom stereocenters. The largest absolute Gasteiger partial charge is 0.496 e.